The average molecular weight is 392 g/mol. The first-order chi connectivity index (χ1) is 8.84. The molecule has 20 heavy (non-hydrogen) atoms. The summed E-state index contributed by atoms with van der Waals surface area (Å²) in [4.78, 5) is -0.505. The van der Waals surface area contributed by atoms with Crippen molar-refractivity contribution < 1.29 is 17.2 Å². The van der Waals surface area contributed by atoms with E-state index in [1.54, 1.807) is 6.92 Å². The summed E-state index contributed by atoms with van der Waals surface area (Å²) in [6, 6.07) is 1.26. The molecule has 1 N–H and O–H groups in total. The molecule has 2 rings (SSSR count). The van der Waals surface area contributed by atoms with Gasteiger partial charge in [0.15, 0.2) is 0 Å². The van der Waals surface area contributed by atoms with Crippen molar-refractivity contribution in [1.82, 2.24) is 9.62 Å². The molecule has 0 aliphatic carbocycles. The predicted octanol–water partition coefficient (Wildman–Crippen LogP) is 2.13. The Morgan fingerprint density at radius 1 is 1.35 bits per heavy atom. The van der Waals surface area contributed by atoms with Crippen LogP contribution in [0.15, 0.2) is 21.5 Å². The van der Waals surface area contributed by atoms with Crippen molar-refractivity contribution in [3.05, 3.63) is 28.2 Å². The summed E-state index contributed by atoms with van der Waals surface area (Å²) < 4.78 is 52.8. The van der Waals surface area contributed by atoms with Crippen LogP contribution in [0.1, 0.15) is 6.92 Å². The molecule has 0 aromatic heterocycles. The van der Waals surface area contributed by atoms with Crippen LogP contribution in [0.4, 0.5) is 8.78 Å². The number of sulfonamides is 1. The number of nitrogens with zero attached hydrogens (tertiary/aromatic N) is 1. The Kier molecular flexibility index (Phi) is 5.91. The molecular weight excluding hydrogens is 378 g/mol. The molecule has 1 aliphatic rings. The van der Waals surface area contributed by atoms with Gasteiger partial charge in [0.2, 0.25) is 10.0 Å². The lowest BCUT2D eigenvalue weighted by molar-refractivity contribution is 0.283. The summed E-state index contributed by atoms with van der Waals surface area (Å²) in [7, 11) is -3.96. The largest absolute Gasteiger partial charge is 0.314 e. The van der Waals surface area contributed by atoms with E-state index in [2.05, 4.69) is 21.2 Å². The Morgan fingerprint density at radius 2 is 2.00 bits per heavy atom. The van der Waals surface area contributed by atoms with Gasteiger partial charge in [-0.15, -0.1) is 12.4 Å². The highest BCUT2D eigenvalue weighted by atomic mass is 79.9. The highest BCUT2D eigenvalue weighted by molar-refractivity contribution is 9.10. The van der Waals surface area contributed by atoms with Crippen molar-refractivity contribution in [3.8, 4) is 0 Å². The monoisotopic (exact) mass is 390 g/mol. The summed E-state index contributed by atoms with van der Waals surface area (Å²) in [5.41, 5.74) is 0. The Morgan fingerprint density at radius 3 is 2.60 bits per heavy atom. The molecule has 1 aliphatic heterocycles. The predicted molar refractivity (Wildman–Crippen MR) is 77.5 cm³/mol. The lowest BCUT2D eigenvalue weighted by atomic mass is 10.3. The van der Waals surface area contributed by atoms with Crippen molar-refractivity contribution in [1.29, 1.82) is 0 Å². The van der Waals surface area contributed by atoms with Gasteiger partial charge in [-0.2, -0.15) is 4.31 Å². The lowest BCUT2D eigenvalue weighted by Gasteiger charge is -2.32. The fourth-order valence-electron chi connectivity index (χ4n) is 2.01. The lowest BCUT2D eigenvalue weighted by Crippen LogP contribution is -2.52. The molecule has 0 bridgehead atoms. The Hall–Kier alpha value is -0.280. The van der Waals surface area contributed by atoms with Crippen LogP contribution in [0.25, 0.3) is 0 Å². The maximum Gasteiger partial charge on any atom is 0.246 e. The van der Waals surface area contributed by atoms with Gasteiger partial charge in [-0.1, -0.05) is 0 Å². The van der Waals surface area contributed by atoms with Crippen molar-refractivity contribution in [3.63, 3.8) is 0 Å². The third-order valence-electron chi connectivity index (χ3n) is 3.00. The van der Waals surface area contributed by atoms with Crippen molar-refractivity contribution in [2.75, 3.05) is 19.6 Å². The van der Waals surface area contributed by atoms with Gasteiger partial charge in [0.25, 0.3) is 0 Å². The highest BCUT2D eigenvalue weighted by Crippen LogP contribution is 2.27. The van der Waals surface area contributed by atoms with E-state index in [1.807, 2.05) is 0 Å². The number of hydrogen-bond acceptors (Lipinski definition) is 3. The highest BCUT2D eigenvalue weighted by Gasteiger charge is 2.33. The SMILES string of the molecule is C[C@@H]1CNCCN1S(=O)(=O)c1cc(Br)c(F)cc1F.Cl. The minimum atomic E-state index is -3.96. The fourth-order valence-corrected chi connectivity index (χ4v) is 4.21. The number of nitrogens with one attached hydrogen (secondary N) is 1. The van der Waals surface area contributed by atoms with E-state index in [0.29, 0.717) is 19.2 Å². The second-order valence-corrected chi connectivity index (χ2v) is 7.08. The Balaban J connectivity index is 0.00000200. The molecule has 0 saturated carbocycles. The first kappa shape index (κ1) is 17.8. The normalized spacial score (nSPS) is 20.5. The molecule has 4 nitrogen and oxygen atoms in total. The molecule has 1 aromatic carbocycles. The number of hydrogen-bond donors (Lipinski definition) is 1. The summed E-state index contributed by atoms with van der Waals surface area (Å²) in [6.45, 7) is 3.01. The van der Waals surface area contributed by atoms with E-state index in [4.69, 9.17) is 0 Å². The Labute approximate surface area is 131 Å². The molecule has 0 spiro atoms. The summed E-state index contributed by atoms with van der Waals surface area (Å²) in [5, 5.41) is 3.05. The van der Waals surface area contributed by atoms with Gasteiger partial charge in [-0.25, -0.2) is 17.2 Å². The first-order valence-electron chi connectivity index (χ1n) is 5.71. The first-order valence-corrected chi connectivity index (χ1v) is 7.94. The zero-order valence-corrected chi connectivity index (χ0v) is 13.8. The van der Waals surface area contributed by atoms with Crippen LogP contribution in [0.5, 0.6) is 0 Å². The topological polar surface area (TPSA) is 49.4 Å². The third-order valence-corrected chi connectivity index (χ3v) is 5.64. The molecule has 9 heteroatoms. The zero-order chi connectivity index (χ0) is 14.2. The minimum Gasteiger partial charge on any atom is -0.314 e. The number of benzene rings is 1. The third kappa shape index (κ3) is 3.30. The fraction of sp³-hybridized carbons (Fsp3) is 0.455. The molecule has 1 fully saturated rings. The molecule has 0 unspecified atom stereocenters. The van der Waals surface area contributed by atoms with Crippen LogP contribution in [0.2, 0.25) is 0 Å². The van der Waals surface area contributed by atoms with Gasteiger partial charge in [0.05, 0.1) is 4.47 Å². The van der Waals surface area contributed by atoms with Crippen LogP contribution < -0.4 is 5.32 Å². The second-order valence-electron chi connectivity index (χ2n) is 4.37. The van der Waals surface area contributed by atoms with E-state index in [-0.39, 0.29) is 29.5 Å². The van der Waals surface area contributed by atoms with Gasteiger partial charge in [-0.05, 0) is 28.9 Å². The van der Waals surface area contributed by atoms with Gasteiger partial charge in [0.1, 0.15) is 16.5 Å². The van der Waals surface area contributed by atoms with Gasteiger partial charge >= 0.3 is 0 Å². The average Bonchev–Trinajstić information content (AvgIpc) is 2.34. The van der Waals surface area contributed by atoms with Crippen LogP contribution in [-0.4, -0.2) is 38.4 Å². The van der Waals surface area contributed by atoms with Crippen LogP contribution in [0.3, 0.4) is 0 Å². The van der Waals surface area contributed by atoms with Gasteiger partial charge in [0, 0.05) is 31.7 Å². The zero-order valence-electron chi connectivity index (χ0n) is 10.6. The molecule has 1 saturated heterocycles. The van der Waals surface area contributed by atoms with Crippen molar-refractivity contribution in [2.45, 2.75) is 17.9 Å². The summed E-state index contributed by atoms with van der Waals surface area (Å²) in [5.74, 6) is -1.91. The van der Waals surface area contributed by atoms with E-state index in [0.717, 1.165) is 6.07 Å². The van der Waals surface area contributed by atoms with E-state index >= 15 is 0 Å². The molecule has 1 heterocycles. The summed E-state index contributed by atoms with van der Waals surface area (Å²) >= 11 is 2.87. The molecule has 114 valence electrons. The van der Waals surface area contributed by atoms with E-state index < -0.39 is 26.6 Å². The maximum atomic E-state index is 13.7. The second kappa shape index (κ2) is 6.65. The quantitative estimate of drug-likeness (QED) is 0.786. The molecule has 1 atom stereocenters. The van der Waals surface area contributed by atoms with E-state index in [1.165, 1.54) is 4.31 Å². The molecule has 1 aromatic rings. The minimum absolute atomic E-state index is 0. The Bertz CT molecular complexity index is 600. The smallest absolute Gasteiger partial charge is 0.246 e. The van der Waals surface area contributed by atoms with Crippen molar-refractivity contribution >= 4 is 38.4 Å². The number of halogens is 4. The van der Waals surface area contributed by atoms with Crippen LogP contribution in [0, 0.1) is 11.6 Å². The number of rotatable bonds is 2. The van der Waals surface area contributed by atoms with Gasteiger partial charge in [-0.3, -0.25) is 0 Å². The van der Waals surface area contributed by atoms with Crippen molar-refractivity contribution in [2.24, 2.45) is 0 Å². The standard InChI is InChI=1S/C11H13BrF2N2O2S.ClH/c1-7-6-15-2-3-16(7)19(17,18)11-4-8(12)9(13)5-10(11)14;/h4-5,7,15H,2-3,6H2,1H3;1H/t7-;/m1./s1. The van der Waals surface area contributed by atoms with E-state index in [9.17, 15) is 17.2 Å². The van der Waals surface area contributed by atoms with Gasteiger partial charge < -0.3 is 5.32 Å². The van der Waals surface area contributed by atoms with Crippen LogP contribution in [-0.2, 0) is 10.0 Å². The molecular formula is C11H14BrClF2N2O2S. The molecule has 0 amide bonds. The maximum absolute atomic E-state index is 13.7. The number of piperazine rings is 1. The van der Waals surface area contributed by atoms with Crippen LogP contribution >= 0.6 is 28.3 Å². The molecule has 0 radical (unpaired) electrons. The summed E-state index contributed by atoms with van der Waals surface area (Å²) in [6.07, 6.45) is 0.